The standard InChI is InChI=1S/C16H18N2O6/c1-17(8-14(19)20)16(22)11-3-2-6-18(11)15(21)10-4-5-12-13(7-10)24-9-23-12/h4-5,7,11H,2-3,6,8-9H2,1H3,(H,19,20). The molecule has 1 aromatic rings. The first-order valence-corrected chi connectivity index (χ1v) is 7.65. The molecule has 1 aromatic carbocycles. The quantitative estimate of drug-likeness (QED) is 0.864. The number of carbonyl (C=O) groups excluding carboxylic acids is 2. The lowest BCUT2D eigenvalue weighted by Crippen LogP contribution is -2.47. The van der Waals surface area contributed by atoms with Gasteiger partial charge in [0.25, 0.3) is 5.91 Å². The van der Waals surface area contributed by atoms with Crippen LogP contribution >= 0.6 is 0 Å². The molecule has 3 rings (SSSR count). The number of aliphatic carboxylic acids is 1. The van der Waals surface area contributed by atoms with Gasteiger partial charge in [0.2, 0.25) is 12.7 Å². The highest BCUT2D eigenvalue weighted by Crippen LogP contribution is 2.33. The SMILES string of the molecule is CN(CC(=O)O)C(=O)C1CCCN1C(=O)c1ccc2c(c1)OCO2. The van der Waals surface area contributed by atoms with Crippen molar-refractivity contribution in [2.45, 2.75) is 18.9 Å². The van der Waals surface area contributed by atoms with Gasteiger partial charge in [0.1, 0.15) is 12.6 Å². The Bertz CT molecular complexity index is 689. The Morgan fingerprint density at radius 1 is 1.29 bits per heavy atom. The number of rotatable bonds is 4. The second-order valence-electron chi connectivity index (χ2n) is 5.81. The number of amides is 2. The van der Waals surface area contributed by atoms with E-state index >= 15 is 0 Å². The second kappa shape index (κ2) is 6.38. The molecular formula is C16H18N2O6. The van der Waals surface area contributed by atoms with Crippen LogP contribution in [0.3, 0.4) is 0 Å². The van der Waals surface area contributed by atoms with Gasteiger partial charge in [0.05, 0.1) is 0 Å². The van der Waals surface area contributed by atoms with Crippen LogP contribution in [0.15, 0.2) is 18.2 Å². The molecular weight excluding hydrogens is 316 g/mol. The summed E-state index contributed by atoms with van der Waals surface area (Å²) in [7, 11) is 1.43. The monoisotopic (exact) mass is 334 g/mol. The Kier molecular flexibility index (Phi) is 4.28. The molecule has 2 aliphatic heterocycles. The third kappa shape index (κ3) is 2.99. The third-order valence-corrected chi connectivity index (χ3v) is 4.17. The summed E-state index contributed by atoms with van der Waals surface area (Å²) in [5.41, 5.74) is 0.417. The molecule has 8 heteroatoms. The zero-order valence-electron chi connectivity index (χ0n) is 13.2. The van der Waals surface area contributed by atoms with Crippen LogP contribution in [0.2, 0.25) is 0 Å². The Morgan fingerprint density at radius 3 is 2.79 bits per heavy atom. The van der Waals surface area contributed by atoms with Crippen molar-refractivity contribution in [2.75, 3.05) is 26.9 Å². The molecule has 0 aromatic heterocycles. The molecule has 1 N–H and O–H groups in total. The number of carboxylic acid groups (broad SMARTS) is 1. The molecule has 8 nitrogen and oxygen atoms in total. The molecule has 0 aliphatic carbocycles. The van der Waals surface area contributed by atoms with Gasteiger partial charge < -0.3 is 24.4 Å². The summed E-state index contributed by atoms with van der Waals surface area (Å²) < 4.78 is 10.5. The predicted octanol–water partition coefficient (Wildman–Crippen LogP) is 0.563. The number of carbonyl (C=O) groups is 3. The molecule has 2 amide bonds. The summed E-state index contributed by atoms with van der Waals surface area (Å²) in [6.45, 7) is 0.198. The largest absolute Gasteiger partial charge is 0.480 e. The number of carboxylic acids is 1. The molecule has 128 valence electrons. The van der Waals surface area contributed by atoms with E-state index in [1.54, 1.807) is 18.2 Å². The number of hydrogen-bond acceptors (Lipinski definition) is 5. The molecule has 0 spiro atoms. The van der Waals surface area contributed by atoms with Crippen LogP contribution in [-0.4, -0.2) is 65.7 Å². The fourth-order valence-electron chi connectivity index (χ4n) is 3.00. The number of likely N-dealkylation sites (tertiary alicyclic amines) is 1. The van der Waals surface area contributed by atoms with Crippen LogP contribution in [0.4, 0.5) is 0 Å². The van der Waals surface area contributed by atoms with Crippen LogP contribution < -0.4 is 9.47 Å². The Morgan fingerprint density at radius 2 is 2.04 bits per heavy atom. The fraction of sp³-hybridized carbons (Fsp3) is 0.438. The smallest absolute Gasteiger partial charge is 0.323 e. The minimum atomic E-state index is -1.09. The van der Waals surface area contributed by atoms with Crippen LogP contribution in [0.25, 0.3) is 0 Å². The summed E-state index contributed by atoms with van der Waals surface area (Å²) >= 11 is 0. The molecule has 2 aliphatic rings. The van der Waals surface area contributed by atoms with Crippen molar-refractivity contribution in [1.82, 2.24) is 9.80 Å². The van der Waals surface area contributed by atoms with E-state index in [0.717, 1.165) is 4.90 Å². The molecule has 1 unspecified atom stereocenters. The second-order valence-corrected chi connectivity index (χ2v) is 5.81. The minimum absolute atomic E-state index is 0.123. The van der Waals surface area contributed by atoms with Gasteiger partial charge in [-0.25, -0.2) is 0 Å². The highest BCUT2D eigenvalue weighted by Gasteiger charge is 2.36. The highest BCUT2D eigenvalue weighted by molar-refractivity contribution is 5.98. The maximum atomic E-state index is 12.7. The fourth-order valence-corrected chi connectivity index (χ4v) is 3.00. The predicted molar refractivity (Wildman–Crippen MR) is 81.9 cm³/mol. The van der Waals surface area contributed by atoms with E-state index in [-0.39, 0.29) is 25.2 Å². The van der Waals surface area contributed by atoms with Crippen molar-refractivity contribution < 1.29 is 29.0 Å². The van der Waals surface area contributed by atoms with Crippen LogP contribution in [0, 0.1) is 0 Å². The summed E-state index contributed by atoms with van der Waals surface area (Å²) in [6, 6.07) is 4.27. The zero-order chi connectivity index (χ0) is 17.3. The van der Waals surface area contributed by atoms with E-state index in [9.17, 15) is 14.4 Å². The lowest BCUT2D eigenvalue weighted by Gasteiger charge is -2.27. The summed E-state index contributed by atoms with van der Waals surface area (Å²) in [5.74, 6) is -0.623. The van der Waals surface area contributed by atoms with Crippen molar-refractivity contribution in [3.63, 3.8) is 0 Å². The van der Waals surface area contributed by atoms with Gasteiger partial charge in [0.15, 0.2) is 11.5 Å². The normalized spacial score (nSPS) is 18.5. The van der Waals surface area contributed by atoms with Crippen LogP contribution in [-0.2, 0) is 9.59 Å². The molecule has 1 atom stereocenters. The maximum absolute atomic E-state index is 12.7. The summed E-state index contributed by atoms with van der Waals surface area (Å²) in [6.07, 6.45) is 1.23. The lowest BCUT2D eigenvalue weighted by molar-refractivity contribution is -0.145. The average molecular weight is 334 g/mol. The Balaban J connectivity index is 1.76. The topological polar surface area (TPSA) is 96.4 Å². The van der Waals surface area contributed by atoms with Gasteiger partial charge in [-0.15, -0.1) is 0 Å². The van der Waals surface area contributed by atoms with Gasteiger partial charge in [-0.2, -0.15) is 0 Å². The molecule has 1 saturated heterocycles. The third-order valence-electron chi connectivity index (χ3n) is 4.17. The van der Waals surface area contributed by atoms with Gasteiger partial charge in [-0.3, -0.25) is 14.4 Å². The molecule has 0 radical (unpaired) electrons. The van der Waals surface area contributed by atoms with E-state index in [1.807, 2.05) is 0 Å². The van der Waals surface area contributed by atoms with E-state index in [0.29, 0.717) is 36.4 Å². The van der Waals surface area contributed by atoms with Crippen molar-refractivity contribution in [2.24, 2.45) is 0 Å². The first-order valence-electron chi connectivity index (χ1n) is 7.65. The molecule has 2 heterocycles. The van der Waals surface area contributed by atoms with Crippen LogP contribution in [0.1, 0.15) is 23.2 Å². The molecule has 24 heavy (non-hydrogen) atoms. The first kappa shape index (κ1) is 16.1. The minimum Gasteiger partial charge on any atom is -0.480 e. The van der Waals surface area contributed by atoms with Crippen molar-refractivity contribution in [3.05, 3.63) is 23.8 Å². The van der Waals surface area contributed by atoms with E-state index in [1.165, 1.54) is 11.9 Å². The van der Waals surface area contributed by atoms with E-state index in [2.05, 4.69) is 0 Å². The molecule has 0 bridgehead atoms. The van der Waals surface area contributed by atoms with E-state index < -0.39 is 12.0 Å². The summed E-state index contributed by atoms with van der Waals surface area (Å²) in [4.78, 5) is 38.6. The number of likely N-dealkylation sites (N-methyl/N-ethyl adjacent to an activating group) is 1. The Hall–Kier alpha value is -2.77. The van der Waals surface area contributed by atoms with Gasteiger partial charge in [0, 0.05) is 19.2 Å². The number of fused-ring (bicyclic) bond motifs is 1. The number of ether oxygens (including phenoxy) is 2. The average Bonchev–Trinajstić information content (AvgIpc) is 3.20. The first-order chi connectivity index (χ1) is 11.5. The Labute approximate surface area is 138 Å². The number of nitrogens with zero attached hydrogens (tertiary/aromatic N) is 2. The van der Waals surface area contributed by atoms with Gasteiger partial charge in [-0.1, -0.05) is 0 Å². The van der Waals surface area contributed by atoms with Gasteiger partial charge in [-0.05, 0) is 31.0 Å². The maximum Gasteiger partial charge on any atom is 0.323 e. The van der Waals surface area contributed by atoms with E-state index in [4.69, 9.17) is 14.6 Å². The van der Waals surface area contributed by atoms with Crippen LogP contribution in [0.5, 0.6) is 11.5 Å². The zero-order valence-corrected chi connectivity index (χ0v) is 13.2. The van der Waals surface area contributed by atoms with Crippen molar-refractivity contribution >= 4 is 17.8 Å². The van der Waals surface area contributed by atoms with Gasteiger partial charge >= 0.3 is 5.97 Å². The summed E-state index contributed by atoms with van der Waals surface area (Å²) in [5, 5.41) is 8.82. The molecule has 1 fully saturated rings. The highest BCUT2D eigenvalue weighted by atomic mass is 16.7. The molecule has 0 saturated carbocycles. The number of hydrogen-bond donors (Lipinski definition) is 1. The van der Waals surface area contributed by atoms with Crippen molar-refractivity contribution in [1.29, 1.82) is 0 Å². The van der Waals surface area contributed by atoms with Crippen molar-refractivity contribution in [3.8, 4) is 11.5 Å². The number of benzene rings is 1. The lowest BCUT2D eigenvalue weighted by atomic mass is 10.1.